The van der Waals surface area contributed by atoms with Crippen molar-refractivity contribution in [1.82, 2.24) is 9.80 Å². The average Bonchev–Trinajstić information content (AvgIpc) is 2.64. The lowest BCUT2D eigenvalue weighted by atomic mass is 10.0. The number of benzene rings is 2. The molecule has 3 heteroatoms. The molecule has 2 unspecified atom stereocenters. The number of carbonyl (C=O) groups excluding carboxylic acids is 1. The minimum Gasteiger partial charge on any atom is -0.340 e. The van der Waals surface area contributed by atoms with Crippen LogP contribution in [0.4, 0.5) is 0 Å². The van der Waals surface area contributed by atoms with Crippen molar-refractivity contribution in [2.45, 2.75) is 45.3 Å². The summed E-state index contributed by atoms with van der Waals surface area (Å²) in [5.74, 6) is 0.280. The summed E-state index contributed by atoms with van der Waals surface area (Å²) in [6.45, 7) is 7.07. The first-order chi connectivity index (χ1) is 12.1. The normalized spacial score (nSPS) is 21.3. The predicted octanol–water partition coefficient (Wildman–Crippen LogP) is 3.74. The van der Waals surface area contributed by atoms with E-state index in [1.54, 1.807) is 0 Å². The van der Waals surface area contributed by atoms with Crippen molar-refractivity contribution >= 4 is 5.91 Å². The second kappa shape index (κ2) is 8.30. The van der Waals surface area contributed by atoms with Crippen LogP contribution in [0.3, 0.4) is 0 Å². The summed E-state index contributed by atoms with van der Waals surface area (Å²) in [5, 5.41) is 0. The molecule has 0 N–H and O–H groups in total. The number of aryl methyl sites for hydroxylation is 1. The minimum absolute atomic E-state index is 0.280. The van der Waals surface area contributed by atoms with Gasteiger partial charge in [0.15, 0.2) is 0 Å². The zero-order valence-corrected chi connectivity index (χ0v) is 15.3. The number of amides is 1. The smallest absolute Gasteiger partial charge is 0.223 e. The van der Waals surface area contributed by atoms with Crippen LogP contribution in [0.1, 0.15) is 31.4 Å². The molecule has 2 aromatic rings. The largest absolute Gasteiger partial charge is 0.340 e. The van der Waals surface area contributed by atoms with Crippen LogP contribution in [0.25, 0.3) is 0 Å². The maximum absolute atomic E-state index is 12.6. The van der Waals surface area contributed by atoms with E-state index in [9.17, 15) is 4.79 Å². The SMILES string of the molecule is CC1CN(C(=O)CCc2ccccc2)CC(C)N1Cc1ccccc1. The van der Waals surface area contributed by atoms with Gasteiger partial charge in [-0.3, -0.25) is 9.69 Å². The summed E-state index contributed by atoms with van der Waals surface area (Å²) in [6, 6.07) is 21.6. The Labute approximate surface area is 151 Å². The average molecular weight is 336 g/mol. The van der Waals surface area contributed by atoms with E-state index in [1.165, 1.54) is 11.1 Å². The van der Waals surface area contributed by atoms with Gasteiger partial charge in [-0.15, -0.1) is 0 Å². The van der Waals surface area contributed by atoms with Crippen LogP contribution in [0.15, 0.2) is 60.7 Å². The van der Waals surface area contributed by atoms with E-state index in [1.807, 2.05) is 18.2 Å². The van der Waals surface area contributed by atoms with Gasteiger partial charge in [0.05, 0.1) is 0 Å². The first kappa shape index (κ1) is 17.7. The molecule has 132 valence electrons. The van der Waals surface area contributed by atoms with Gasteiger partial charge in [0.1, 0.15) is 0 Å². The molecular formula is C22H28N2O. The summed E-state index contributed by atoms with van der Waals surface area (Å²) in [6.07, 6.45) is 1.43. The van der Waals surface area contributed by atoms with E-state index in [4.69, 9.17) is 0 Å². The highest BCUT2D eigenvalue weighted by Gasteiger charge is 2.31. The number of piperazine rings is 1. The number of carbonyl (C=O) groups is 1. The number of hydrogen-bond acceptors (Lipinski definition) is 2. The quantitative estimate of drug-likeness (QED) is 0.830. The summed E-state index contributed by atoms with van der Waals surface area (Å²) < 4.78 is 0. The van der Waals surface area contributed by atoms with Crippen molar-refractivity contribution in [2.75, 3.05) is 13.1 Å². The Morgan fingerprint density at radius 1 is 0.880 bits per heavy atom. The lowest BCUT2D eigenvalue weighted by Gasteiger charge is -2.44. The highest BCUT2D eigenvalue weighted by Crippen LogP contribution is 2.20. The third-order valence-corrected chi connectivity index (χ3v) is 5.13. The summed E-state index contributed by atoms with van der Waals surface area (Å²) >= 11 is 0. The van der Waals surface area contributed by atoms with Crippen LogP contribution >= 0.6 is 0 Å². The van der Waals surface area contributed by atoms with Crippen molar-refractivity contribution < 1.29 is 4.79 Å². The lowest BCUT2D eigenvalue weighted by Crippen LogP contribution is -2.57. The van der Waals surface area contributed by atoms with Gasteiger partial charge in [0.25, 0.3) is 0 Å². The molecule has 1 aliphatic heterocycles. The van der Waals surface area contributed by atoms with E-state index in [-0.39, 0.29) is 5.91 Å². The van der Waals surface area contributed by atoms with Gasteiger partial charge in [-0.1, -0.05) is 60.7 Å². The van der Waals surface area contributed by atoms with Gasteiger partial charge in [0.2, 0.25) is 5.91 Å². The molecule has 3 nitrogen and oxygen atoms in total. The van der Waals surface area contributed by atoms with Crippen LogP contribution in [0, 0.1) is 0 Å². The van der Waals surface area contributed by atoms with E-state index in [0.29, 0.717) is 18.5 Å². The Kier molecular flexibility index (Phi) is 5.87. The Bertz CT molecular complexity index is 659. The Balaban J connectivity index is 1.55. The topological polar surface area (TPSA) is 23.6 Å². The van der Waals surface area contributed by atoms with Gasteiger partial charge in [-0.25, -0.2) is 0 Å². The summed E-state index contributed by atoms with van der Waals surface area (Å²) in [7, 11) is 0. The standard InChI is InChI=1S/C22H28N2O/c1-18-15-23(22(25)14-13-20-9-5-3-6-10-20)16-19(2)24(18)17-21-11-7-4-8-12-21/h3-12,18-19H,13-17H2,1-2H3. The fraction of sp³-hybridized carbons (Fsp3) is 0.409. The Morgan fingerprint density at radius 3 is 1.96 bits per heavy atom. The zero-order chi connectivity index (χ0) is 17.6. The second-order valence-electron chi connectivity index (χ2n) is 7.14. The fourth-order valence-electron chi connectivity index (χ4n) is 3.72. The van der Waals surface area contributed by atoms with Gasteiger partial charge in [-0.2, -0.15) is 0 Å². The van der Waals surface area contributed by atoms with E-state index in [2.05, 4.69) is 66.1 Å². The molecule has 1 aliphatic rings. The van der Waals surface area contributed by atoms with Gasteiger partial charge in [-0.05, 0) is 31.4 Å². The molecule has 0 radical (unpaired) electrons. The summed E-state index contributed by atoms with van der Waals surface area (Å²) in [4.78, 5) is 17.2. The van der Waals surface area contributed by atoms with Crippen molar-refractivity contribution in [3.05, 3.63) is 71.8 Å². The second-order valence-corrected chi connectivity index (χ2v) is 7.14. The van der Waals surface area contributed by atoms with Gasteiger partial charge < -0.3 is 4.90 Å². The number of rotatable bonds is 5. The van der Waals surface area contributed by atoms with Crippen LogP contribution in [-0.2, 0) is 17.8 Å². The first-order valence-electron chi connectivity index (χ1n) is 9.25. The highest BCUT2D eigenvalue weighted by atomic mass is 16.2. The molecule has 0 saturated carbocycles. The third-order valence-electron chi connectivity index (χ3n) is 5.13. The molecule has 0 aromatic heterocycles. The molecule has 1 amide bonds. The molecule has 25 heavy (non-hydrogen) atoms. The molecule has 2 aromatic carbocycles. The van der Waals surface area contributed by atoms with E-state index in [0.717, 1.165) is 26.1 Å². The van der Waals surface area contributed by atoms with E-state index >= 15 is 0 Å². The van der Waals surface area contributed by atoms with Gasteiger partial charge in [0, 0.05) is 38.1 Å². The molecule has 2 atom stereocenters. The predicted molar refractivity (Wildman–Crippen MR) is 102 cm³/mol. The van der Waals surface area contributed by atoms with Crippen LogP contribution in [0.5, 0.6) is 0 Å². The van der Waals surface area contributed by atoms with Crippen LogP contribution in [0.2, 0.25) is 0 Å². The Hall–Kier alpha value is -2.13. The van der Waals surface area contributed by atoms with Crippen molar-refractivity contribution in [3.8, 4) is 0 Å². The third kappa shape index (κ3) is 4.70. The molecule has 1 saturated heterocycles. The molecule has 3 rings (SSSR count). The van der Waals surface area contributed by atoms with Crippen molar-refractivity contribution in [3.63, 3.8) is 0 Å². The van der Waals surface area contributed by atoms with Crippen LogP contribution in [-0.4, -0.2) is 40.9 Å². The summed E-state index contributed by atoms with van der Waals surface area (Å²) in [5.41, 5.74) is 2.57. The first-order valence-corrected chi connectivity index (χ1v) is 9.25. The number of nitrogens with zero attached hydrogens (tertiary/aromatic N) is 2. The molecule has 0 aliphatic carbocycles. The highest BCUT2D eigenvalue weighted by molar-refractivity contribution is 5.76. The fourth-order valence-corrected chi connectivity index (χ4v) is 3.72. The van der Waals surface area contributed by atoms with Gasteiger partial charge >= 0.3 is 0 Å². The monoisotopic (exact) mass is 336 g/mol. The van der Waals surface area contributed by atoms with Crippen molar-refractivity contribution in [1.29, 1.82) is 0 Å². The maximum Gasteiger partial charge on any atom is 0.223 e. The molecule has 0 spiro atoms. The maximum atomic E-state index is 12.6. The molecule has 0 bridgehead atoms. The van der Waals surface area contributed by atoms with E-state index < -0.39 is 0 Å². The van der Waals surface area contributed by atoms with Crippen LogP contribution < -0.4 is 0 Å². The lowest BCUT2D eigenvalue weighted by molar-refractivity contribution is -0.135. The molecular weight excluding hydrogens is 308 g/mol. The minimum atomic E-state index is 0.280. The Morgan fingerprint density at radius 2 is 1.40 bits per heavy atom. The molecule has 1 heterocycles. The zero-order valence-electron chi connectivity index (χ0n) is 15.3. The number of hydrogen-bond donors (Lipinski definition) is 0. The van der Waals surface area contributed by atoms with Crippen molar-refractivity contribution in [2.24, 2.45) is 0 Å². The molecule has 1 fully saturated rings.